The number of aromatic nitrogens is 2. The highest BCUT2D eigenvalue weighted by molar-refractivity contribution is 7.92. The number of hydrogen-bond acceptors (Lipinski definition) is 8. The number of hydrogen-bond donors (Lipinski definition) is 1. The number of ether oxygens (including phenoxy) is 1. The fourth-order valence-corrected chi connectivity index (χ4v) is 5.85. The molecular formula is C29H37N5O5S. The van der Waals surface area contributed by atoms with E-state index in [0.717, 1.165) is 48.0 Å². The van der Waals surface area contributed by atoms with Crippen molar-refractivity contribution in [2.24, 2.45) is 0 Å². The van der Waals surface area contributed by atoms with Crippen LogP contribution in [0.3, 0.4) is 0 Å². The van der Waals surface area contributed by atoms with Crippen molar-refractivity contribution in [1.29, 1.82) is 0 Å². The Bertz CT molecular complexity index is 1510. The van der Waals surface area contributed by atoms with Crippen LogP contribution in [0.5, 0.6) is 0 Å². The third-order valence-corrected chi connectivity index (χ3v) is 7.80. The fraction of sp³-hybridized carbons (Fsp3) is 0.483. The number of benzene rings is 2. The predicted molar refractivity (Wildman–Crippen MR) is 155 cm³/mol. The molecule has 11 heteroatoms. The van der Waals surface area contributed by atoms with Crippen molar-refractivity contribution in [2.75, 3.05) is 29.0 Å². The van der Waals surface area contributed by atoms with E-state index in [4.69, 9.17) is 9.26 Å². The van der Waals surface area contributed by atoms with E-state index in [1.54, 1.807) is 11.0 Å². The Morgan fingerprint density at radius 2 is 1.85 bits per heavy atom. The molecule has 2 aliphatic rings. The Morgan fingerprint density at radius 1 is 1.07 bits per heavy atom. The molecule has 1 atom stereocenters. The van der Waals surface area contributed by atoms with Crippen LogP contribution in [-0.4, -0.2) is 60.5 Å². The van der Waals surface area contributed by atoms with Crippen molar-refractivity contribution in [2.45, 2.75) is 71.6 Å². The van der Waals surface area contributed by atoms with Crippen LogP contribution in [0.2, 0.25) is 0 Å². The first-order chi connectivity index (χ1) is 18.9. The van der Waals surface area contributed by atoms with Crippen LogP contribution >= 0.6 is 0 Å². The minimum absolute atomic E-state index is 0.304. The van der Waals surface area contributed by atoms with Crippen LogP contribution in [0.4, 0.5) is 16.2 Å². The van der Waals surface area contributed by atoms with Gasteiger partial charge in [0.15, 0.2) is 0 Å². The SMILES string of the molecule is CC1CCCCN1c1ccc(-c2nc(-c3ccc4c(c3)CCN(C(=O)OC(C)(C)C)C4)no2)cc1NS(C)(=O)=O. The van der Waals surface area contributed by atoms with Crippen LogP contribution in [0.15, 0.2) is 40.9 Å². The summed E-state index contributed by atoms with van der Waals surface area (Å²) in [6, 6.07) is 11.8. The molecule has 3 aromatic rings. The van der Waals surface area contributed by atoms with Gasteiger partial charge in [-0.3, -0.25) is 4.72 Å². The van der Waals surface area contributed by atoms with Gasteiger partial charge in [-0.05, 0) is 88.8 Å². The highest BCUT2D eigenvalue weighted by Gasteiger charge is 2.27. The van der Waals surface area contributed by atoms with Gasteiger partial charge in [0.05, 0.1) is 17.6 Å². The molecule has 10 nitrogen and oxygen atoms in total. The second-order valence-corrected chi connectivity index (χ2v) is 13.5. The summed E-state index contributed by atoms with van der Waals surface area (Å²) in [6.07, 6.45) is 4.83. The highest BCUT2D eigenvalue weighted by atomic mass is 32.2. The number of anilines is 2. The molecule has 214 valence electrons. The number of amides is 1. The van der Waals surface area contributed by atoms with E-state index in [0.29, 0.717) is 48.5 Å². The Morgan fingerprint density at radius 3 is 2.58 bits per heavy atom. The van der Waals surface area contributed by atoms with E-state index in [2.05, 4.69) is 26.7 Å². The Hall–Kier alpha value is -3.60. The number of nitrogens with zero attached hydrogens (tertiary/aromatic N) is 4. The third-order valence-electron chi connectivity index (χ3n) is 7.21. The highest BCUT2D eigenvalue weighted by Crippen LogP contribution is 2.36. The summed E-state index contributed by atoms with van der Waals surface area (Å²) in [7, 11) is -3.50. The van der Waals surface area contributed by atoms with Gasteiger partial charge in [-0.1, -0.05) is 17.3 Å². The number of rotatable bonds is 5. The molecule has 2 aliphatic heterocycles. The maximum atomic E-state index is 12.5. The van der Waals surface area contributed by atoms with Gasteiger partial charge in [-0.25, -0.2) is 13.2 Å². The summed E-state index contributed by atoms with van der Waals surface area (Å²) in [5.41, 5.74) is 4.43. The molecule has 0 bridgehead atoms. The van der Waals surface area contributed by atoms with E-state index < -0.39 is 15.6 Å². The molecule has 0 saturated carbocycles. The number of nitrogens with one attached hydrogen (secondary N) is 1. The molecule has 40 heavy (non-hydrogen) atoms. The van der Waals surface area contributed by atoms with E-state index in [1.807, 2.05) is 51.1 Å². The lowest BCUT2D eigenvalue weighted by atomic mass is 9.97. The normalized spacial score (nSPS) is 17.9. The lowest BCUT2D eigenvalue weighted by Gasteiger charge is -2.36. The molecule has 1 saturated heterocycles. The second-order valence-electron chi connectivity index (χ2n) is 11.7. The zero-order chi connectivity index (χ0) is 28.7. The largest absolute Gasteiger partial charge is 0.444 e. The first kappa shape index (κ1) is 27.9. The van der Waals surface area contributed by atoms with E-state index >= 15 is 0 Å². The quantitative estimate of drug-likeness (QED) is 0.433. The zero-order valence-corrected chi connectivity index (χ0v) is 24.5. The van der Waals surface area contributed by atoms with Gasteiger partial charge < -0.3 is 19.1 Å². The monoisotopic (exact) mass is 567 g/mol. The van der Waals surface area contributed by atoms with E-state index in [9.17, 15) is 13.2 Å². The van der Waals surface area contributed by atoms with Gasteiger partial charge >= 0.3 is 6.09 Å². The predicted octanol–water partition coefficient (Wildman–Crippen LogP) is 5.45. The smallest absolute Gasteiger partial charge is 0.410 e. The van der Waals surface area contributed by atoms with Gasteiger partial charge in [-0.15, -0.1) is 0 Å². The van der Waals surface area contributed by atoms with Crippen molar-refractivity contribution < 1.29 is 22.5 Å². The molecule has 5 rings (SSSR count). The van der Waals surface area contributed by atoms with Crippen molar-refractivity contribution in [3.8, 4) is 22.8 Å². The first-order valence-corrected chi connectivity index (χ1v) is 15.6. The number of sulfonamides is 1. The Balaban J connectivity index is 1.38. The van der Waals surface area contributed by atoms with E-state index in [1.165, 1.54) is 6.42 Å². The number of fused-ring (bicyclic) bond motifs is 1. The van der Waals surface area contributed by atoms with Crippen LogP contribution in [0.1, 0.15) is 58.1 Å². The molecule has 3 heterocycles. The summed E-state index contributed by atoms with van der Waals surface area (Å²) in [5.74, 6) is 0.748. The lowest BCUT2D eigenvalue weighted by molar-refractivity contribution is 0.0224. The molecular weight excluding hydrogens is 530 g/mol. The van der Waals surface area contributed by atoms with Crippen molar-refractivity contribution in [1.82, 2.24) is 15.0 Å². The number of carbonyl (C=O) groups excluding carboxylic acids is 1. The molecule has 1 fully saturated rings. The maximum Gasteiger partial charge on any atom is 0.410 e. The van der Waals surface area contributed by atoms with Crippen molar-refractivity contribution in [3.63, 3.8) is 0 Å². The molecule has 1 N–H and O–H groups in total. The topological polar surface area (TPSA) is 118 Å². The molecule has 1 aromatic heterocycles. The minimum Gasteiger partial charge on any atom is -0.444 e. The maximum absolute atomic E-state index is 12.5. The third kappa shape index (κ3) is 6.41. The molecule has 1 amide bonds. The van der Waals surface area contributed by atoms with Gasteiger partial charge in [0.2, 0.25) is 15.8 Å². The van der Waals surface area contributed by atoms with Gasteiger partial charge in [0.25, 0.3) is 5.89 Å². The molecule has 0 radical (unpaired) electrons. The van der Waals surface area contributed by atoms with Crippen LogP contribution in [-0.2, 0) is 27.7 Å². The summed E-state index contributed by atoms with van der Waals surface area (Å²) >= 11 is 0. The lowest BCUT2D eigenvalue weighted by Crippen LogP contribution is -2.39. The van der Waals surface area contributed by atoms with Crippen LogP contribution < -0.4 is 9.62 Å². The van der Waals surface area contributed by atoms with Gasteiger partial charge in [0.1, 0.15) is 5.60 Å². The van der Waals surface area contributed by atoms with Gasteiger partial charge in [-0.2, -0.15) is 4.98 Å². The Labute approximate surface area is 235 Å². The standard InChI is InChI=1S/C29H37N5O5S/c1-19-8-6-7-14-34(19)25-12-11-22(17-24(25)32-40(5,36)37)27-30-26(31-39-27)21-9-10-23-18-33(15-13-20(23)16-21)28(35)38-29(2,3)4/h9-12,16-17,19,32H,6-8,13-15,18H2,1-5H3. The zero-order valence-electron chi connectivity index (χ0n) is 23.7. The molecule has 1 unspecified atom stereocenters. The first-order valence-electron chi connectivity index (χ1n) is 13.7. The number of piperidine rings is 1. The Kier molecular flexibility index (Phi) is 7.52. The van der Waals surface area contributed by atoms with E-state index in [-0.39, 0.29) is 6.09 Å². The fourth-order valence-electron chi connectivity index (χ4n) is 5.29. The average molecular weight is 568 g/mol. The molecule has 0 spiro atoms. The van der Waals surface area contributed by atoms with Gasteiger partial charge in [0, 0.05) is 36.8 Å². The molecule has 0 aliphatic carbocycles. The van der Waals surface area contributed by atoms with Crippen molar-refractivity contribution in [3.05, 3.63) is 47.5 Å². The number of carbonyl (C=O) groups is 1. The summed E-state index contributed by atoms with van der Waals surface area (Å²) in [6.45, 7) is 9.68. The summed E-state index contributed by atoms with van der Waals surface area (Å²) in [5, 5.41) is 4.20. The second kappa shape index (κ2) is 10.8. The van der Waals surface area contributed by atoms with Crippen molar-refractivity contribution >= 4 is 27.5 Å². The van der Waals surface area contributed by atoms with Crippen LogP contribution in [0, 0.1) is 0 Å². The molecule has 2 aromatic carbocycles. The summed E-state index contributed by atoms with van der Waals surface area (Å²) < 4.78 is 38.2. The minimum atomic E-state index is -3.50. The summed E-state index contributed by atoms with van der Waals surface area (Å²) in [4.78, 5) is 21.1. The average Bonchev–Trinajstić information content (AvgIpc) is 3.37. The van der Waals surface area contributed by atoms with Crippen LogP contribution in [0.25, 0.3) is 22.8 Å².